The van der Waals surface area contributed by atoms with Gasteiger partial charge in [-0.05, 0) is 30.3 Å². The second-order valence-corrected chi connectivity index (χ2v) is 9.08. The number of benzene rings is 2. The Labute approximate surface area is 193 Å². The molecule has 1 aliphatic heterocycles. The van der Waals surface area contributed by atoms with Crippen LogP contribution >= 0.6 is 0 Å². The van der Waals surface area contributed by atoms with Gasteiger partial charge >= 0.3 is 5.97 Å². The van der Waals surface area contributed by atoms with Crippen molar-refractivity contribution in [2.45, 2.75) is 11.3 Å². The molecule has 0 saturated carbocycles. The van der Waals surface area contributed by atoms with Gasteiger partial charge < -0.3 is 19.5 Å². The first kappa shape index (κ1) is 24.2. The highest BCUT2D eigenvalue weighted by molar-refractivity contribution is 7.92. The molecule has 33 heavy (non-hydrogen) atoms. The molecule has 176 valence electrons. The number of carboxylic acids is 1. The lowest BCUT2D eigenvalue weighted by molar-refractivity contribution is 0.0697. The molecule has 0 unspecified atom stereocenters. The Balaban J connectivity index is 1.81. The third-order valence-corrected chi connectivity index (χ3v) is 6.78. The standard InChI is InChI=1S/C22H26N4O6S/c1-31-20-7-5-17(15-21(20)32-2)33(29,30)24-16-4-6-19(18(14-16)22(27)28)26-12-10-25(11-13-26)9-3-8-23/h4-7,14-15,24H,3,9-13H2,1-2H3,(H,27,28). The Morgan fingerprint density at radius 3 is 2.39 bits per heavy atom. The number of carboxylic acid groups (broad SMARTS) is 1. The van der Waals surface area contributed by atoms with Gasteiger partial charge in [-0.1, -0.05) is 0 Å². The van der Waals surface area contributed by atoms with Crippen LogP contribution in [0.25, 0.3) is 0 Å². The summed E-state index contributed by atoms with van der Waals surface area (Å²) in [6, 6.07) is 10.8. The highest BCUT2D eigenvalue weighted by atomic mass is 32.2. The lowest BCUT2D eigenvalue weighted by Gasteiger charge is -2.36. The molecule has 10 nitrogen and oxygen atoms in total. The fourth-order valence-electron chi connectivity index (χ4n) is 3.66. The van der Waals surface area contributed by atoms with Gasteiger partial charge in [-0.2, -0.15) is 5.26 Å². The van der Waals surface area contributed by atoms with Crippen LogP contribution < -0.4 is 19.1 Å². The average molecular weight is 475 g/mol. The Morgan fingerprint density at radius 2 is 1.79 bits per heavy atom. The number of aromatic carboxylic acids is 1. The number of sulfonamides is 1. The SMILES string of the molecule is COc1ccc(S(=O)(=O)Nc2ccc(N3CCN(CCC#N)CC3)c(C(=O)O)c2)cc1OC. The highest BCUT2D eigenvalue weighted by Gasteiger charge is 2.23. The van der Waals surface area contributed by atoms with Gasteiger partial charge in [-0.25, -0.2) is 13.2 Å². The van der Waals surface area contributed by atoms with E-state index in [2.05, 4.69) is 15.7 Å². The van der Waals surface area contributed by atoms with Crippen molar-refractivity contribution in [2.75, 3.05) is 56.6 Å². The van der Waals surface area contributed by atoms with E-state index in [0.29, 0.717) is 50.6 Å². The molecule has 1 aliphatic rings. The molecule has 0 atom stereocenters. The van der Waals surface area contributed by atoms with Gasteiger partial charge in [-0.15, -0.1) is 0 Å². The van der Waals surface area contributed by atoms with Crippen LogP contribution in [0.3, 0.4) is 0 Å². The first-order valence-electron chi connectivity index (χ1n) is 10.3. The van der Waals surface area contributed by atoms with Crippen molar-refractivity contribution in [3.05, 3.63) is 42.0 Å². The molecule has 1 heterocycles. The van der Waals surface area contributed by atoms with Crippen LogP contribution in [0.15, 0.2) is 41.3 Å². The van der Waals surface area contributed by atoms with E-state index in [1.54, 1.807) is 12.1 Å². The molecule has 0 aromatic heterocycles. The maximum atomic E-state index is 12.9. The van der Waals surface area contributed by atoms with Gasteiger partial charge in [0.2, 0.25) is 0 Å². The number of nitrogens with zero attached hydrogens (tertiary/aromatic N) is 3. The van der Waals surface area contributed by atoms with Crippen LogP contribution in [-0.2, 0) is 10.0 Å². The number of methoxy groups -OCH3 is 2. The monoisotopic (exact) mass is 474 g/mol. The molecular weight excluding hydrogens is 448 g/mol. The quantitative estimate of drug-likeness (QED) is 0.561. The summed E-state index contributed by atoms with van der Waals surface area (Å²) in [5, 5.41) is 18.5. The zero-order valence-electron chi connectivity index (χ0n) is 18.4. The molecule has 2 aromatic carbocycles. The molecule has 0 amide bonds. The van der Waals surface area contributed by atoms with Crippen molar-refractivity contribution in [3.8, 4) is 17.6 Å². The number of nitriles is 1. The third-order valence-electron chi connectivity index (χ3n) is 5.40. The molecule has 2 aromatic rings. The number of carbonyl (C=O) groups is 1. The predicted molar refractivity (Wildman–Crippen MR) is 123 cm³/mol. The topological polar surface area (TPSA) is 132 Å². The van der Waals surface area contributed by atoms with Crippen molar-refractivity contribution in [1.29, 1.82) is 5.26 Å². The lowest BCUT2D eigenvalue weighted by atomic mass is 10.1. The fraction of sp³-hybridized carbons (Fsp3) is 0.364. The van der Waals surface area contributed by atoms with Gasteiger partial charge in [0, 0.05) is 50.9 Å². The minimum absolute atomic E-state index is 0.00739. The minimum Gasteiger partial charge on any atom is -0.493 e. The van der Waals surface area contributed by atoms with Crippen molar-refractivity contribution >= 4 is 27.4 Å². The predicted octanol–water partition coefficient (Wildman–Crippen LogP) is 2.24. The number of ether oxygens (including phenoxy) is 2. The van der Waals surface area contributed by atoms with E-state index in [0.717, 1.165) is 0 Å². The summed E-state index contributed by atoms with van der Waals surface area (Å²) in [6.45, 7) is 3.35. The van der Waals surface area contributed by atoms with Crippen molar-refractivity contribution in [2.24, 2.45) is 0 Å². The average Bonchev–Trinajstić information content (AvgIpc) is 2.82. The van der Waals surface area contributed by atoms with Crippen LogP contribution in [0.4, 0.5) is 11.4 Å². The van der Waals surface area contributed by atoms with Crippen LogP contribution in [0.5, 0.6) is 11.5 Å². The summed E-state index contributed by atoms with van der Waals surface area (Å²) in [7, 11) is -1.14. The second-order valence-electron chi connectivity index (χ2n) is 7.40. The maximum Gasteiger partial charge on any atom is 0.337 e. The Bertz CT molecular complexity index is 1150. The van der Waals surface area contributed by atoms with E-state index >= 15 is 0 Å². The van der Waals surface area contributed by atoms with Crippen LogP contribution in [-0.4, -0.2) is 71.3 Å². The molecule has 0 radical (unpaired) electrons. The van der Waals surface area contributed by atoms with E-state index < -0.39 is 16.0 Å². The summed E-state index contributed by atoms with van der Waals surface area (Å²) in [6.07, 6.45) is 0.454. The number of piperazine rings is 1. The number of hydrogen-bond donors (Lipinski definition) is 2. The summed E-state index contributed by atoms with van der Waals surface area (Å²) in [5.41, 5.74) is 0.670. The summed E-state index contributed by atoms with van der Waals surface area (Å²) >= 11 is 0. The fourth-order valence-corrected chi connectivity index (χ4v) is 4.73. The van der Waals surface area contributed by atoms with Crippen molar-refractivity contribution in [3.63, 3.8) is 0 Å². The molecule has 0 spiro atoms. The zero-order valence-corrected chi connectivity index (χ0v) is 19.3. The minimum atomic E-state index is -3.99. The maximum absolute atomic E-state index is 12.9. The summed E-state index contributed by atoms with van der Waals surface area (Å²) < 4.78 is 38.5. The molecule has 11 heteroatoms. The van der Waals surface area contributed by atoms with Gasteiger partial charge in [0.25, 0.3) is 10.0 Å². The third kappa shape index (κ3) is 5.66. The largest absolute Gasteiger partial charge is 0.493 e. The molecule has 1 saturated heterocycles. The van der Waals surface area contributed by atoms with Crippen molar-refractivity contribution < 1.29 is 27.8 Å². The Morgan fingerprint density at radius 1 is 1.09 bits per heavy atom. The number of rotatable bonds is 9. The number of hydrogen-bond acceptors (Lipinski definition) is 8. The molecule has 0 aliphatic carbocycles. The van der Waals surface area contributed by atoms with E-state index in [1.807, 2.05) is 4.90 Å². The van der Waals surface area contributed by atoms with E-state index in [4.69, 9.17) is 14.7 Å². The highest BCUT2D eigenvalue weighted by Crippen LogP contribution is 2.31. The summed E-state index contributed by atoms with van der Waals surface area (Å²) in [4.78, 5) is 16.0. The van der Waals surface area contributed by atoms with Gasteiger partial charge in [0.15, 0.2) is 11.5 Å². The first-order valence-corrected chi connectivity index (χ1v) is 11.7. The van der Waals surface area contributed by atoms with E-state index in [9.17, 15) is 18.3 Å². The van der Waals surface area contributed by atoms with E-state index in [-0.39, 0.29) is 21.9 Å². The summed E-state index contributed by atoms with van der Waals surface area (Å²) in [5.74, 6) is -0.498. The molecular formula is C22H26N4O6S. The first-order chi connectivity index (χ1) is 15.8. The lowest BCUT2D eigenvalue weighted by Crippen LogP contribution is -2.47. The smallest absolute Gasteiger partial charge is 0.337 e. The van der Waals surface area contributed by atoms with Gasteiger partial charge in [0.1, 0.15) is 0 Å². The van der Waals surface area contributed by atoms with Crippen molar-refractivity contribution in [1.82, 2.24) is 4.90 Å². The normalized spacial score (nSPS) is 14.4. The van der Waals surface area contributed by atoms with E-state index in [1.165, 1.54) is 38.5 Å². The Hall–Kier alpha value is -3.49. The molecule has 0 bridgehead atoms. The number of anilines is 2. The van der Waals surface area contributed by atoms with Gasteiger partial charge in [0.05, 0.1) is 36.4 Å². The Kier molecular flexibility index (Phi) is 7.63. The molecule has 1 fully saturated rings. The van der Waals surface area contributed by atoms with Crippen LogP contribution in [0, 0.1) is 11.3 Å². The zero-order chi connectivity index (χ0) is 24.0. The molecule has 3 rings (SSSR count). The van der Waals surface area contributed by atoms with Gasteiger partial charge in [-0.3, -0.25) is 9.62 Å². The second kappa shape index (κ2) is 10.4. The molecule has 2 N–H and O–H groups in total. The number of nitrogens with one attached hydrogen (secondary N) is 1. The van der Waals surface area contributed by atoms with Crippen LogP contribution in [0.2, 0.25) is 0 Å². The van der Waals surface area contributed by atoms with Crippen LogP contribution in [0.1, 0.15) is 16.8 Å².